The van der Waals surface area contributed by atoms with E-state index in [1.54, 1.807) is 16.9 Å². The first kappa shape index (κ1) is 12.8. The normalized spacial score (nSPS) is 10.9. The summed E-state index contributed by atoms with van der Waals surface area (Å²) in [5.41, 5.74) is 6.88. The molecule has 0 aliphatic rings. The van der Waals surface area contributed by atoms with Gasteiger partial charge in [0.25, 0.3) is 5.89 Å². The maximum Gasteiger partial charge on any atom is 0.259 e. The van der Waals surface area contributed by atoms with E-state index in [9.17, 15) is 0 Å². The first-order chi connectivity index (χ1) is 9.76. The zero-order valence-electron chi connectivity index (χ0n) is 10.4. The van der Waals surface area contributed by atoms with Crippen LogP contribution in [-0.2, 0) is 13.1 Å². The lowest BCUT2D eigenvalue weighted by Crippen LogP contribution is -2.02. The molecular formula is C12H11ClN6O. The van der Waals surface area contributed by atoms with Crippen LogP contribution in [0.1, 0.15) is 11.5 Å². The lowest BCUT2D eigenvalue weighted by Gasteiger charge is -1.96. The fraction of sp³-hybridized carbons (Fsp3) is 0.167. The van der Waals surface area contributed by atoms with Crippen molar-refractivity contribution in [2.75, 3.05) is 0 Å². The molecule has 2 aromatic heterocycles. The van der Waals surface area contributed by atoms with E-state index in [-0.39, 0.29) is 0 Å². The van der Waals surface area contributed by atoms with Crippen LogP contribution >= 0.6 is 11.6 Å². The molecule has 8 heteroatoms. The highest BCUT2D eigenvalue weighted by Gasteiger charge is 2.12. The van der Waals surface area contributed by atoms with Gasteiger partial charge in [-0.1, -0.05) is 34.1 Å². The molecule has 7 nitrogen and oxygen atoms in total. The summed E-state index contributed by atoms with van der Waals surface area (Å²) in [4.78, 5) is 4.29. The number of nitrogens with two attached hydrogens (primary N) is 1. The zero-order valence-corrected chi connectivity index (χ0v) is 11.2. The van der Waals surface area contributed by atoms with Crippen LogP contribution in [0.15, 0.2) is 35.0 Å². The molecule has 0 atom stereocenters. The second-order valence-corrected chi connectivity index (χ2v) is 4.51. The molecule has 0 fully saturated rings. The minimum atomic E-state index is 0.344. The van der Waals surface area contributed by atoms with Crippen LogP contribution in [0, 0.1) is 0 Å². The number of aromatic nitrogens is 5. The summed E-state index contributed by atoms with van der Waals surface area (Å²) < 4.78 is 6.81. The molecule has 0 amide bonds. The Morgan fingerprint density at radius 2 is 2.15 bits per heavy atom. The zero-order chi connectivity index (χ0) is 13.9. The van der Waals surface area contributed by atoms with Gasteiger partial charge in [0.05, 0.1) is 22.5 Å². The topological polar surface area (TPSA) is 95.7 Å². The van der Waals surface area contributed by atoms with E-state index in [2.05, 4.69) is 20.5 Å². The number of nitrogens with zero attached hydrogens (tertiary/aromatic N) is 5. The van der Waals surface area contributed by atoms with Gasteiger partial charge >= 0.3 is 0 Å². The minimum Gasteiger partial charge on any atom is -0.334 e. The van der Waals surface area contributed by atoms with Gasteiger partial charge in [0.2, 0.25) is 0 Å². The Hall–Kier alpha value is -2.25. The van der Waals surface area contributed by atoms with E-state index in [1.807, 2.05) is 18.2 Å². The van der Waals surface area contributed by atoms with Gasteiger partial charge in [-0.15, -0.1) is 5.10 Å². The number of hydrogen-bond donors (Lipinski definition) is 1. The fourth-order valence-corrected chi connectivity index (χ4v) is 1.93. The Morgan fingerprint density at radius 3 is 2.90 bits per heavy atom. The van der Waals surface area contributed by atoms with E-state index in [1.165, 1.54) is 0 Å². The Bertz CT molecular complexity index is 722. The van der Waals surface area contributed by atoms with E-state index in [0.29, 0.717) is 41.1 Å². The molecule has 0 radical (unpaired) electrons. The molecule has 20 heavy (non-hydrogen) atoms. The van der Waals surface area contributed by atoms with Gasteiger partial charge in [0.1, 0.15) is 6.54 Å². The summed E-state index contributed by atoms with van der Waals surface area (Å²) in [6.45, 7) is 0.706. The number of halogens is 1. The highest BCUT2D eigenvalue weighted by atomic mass is 35.5. The van der Waals surface area contributed by atoms with Gasteiger partial charge in [-0.05, 0) is 12.1 Å². The first-order valence-electron chi connectivity index (χ1n) is 5.93. The summed E-state index contributed by atoms with van der Waals surface area (Å²) in [6, 6.07) is 7.29. The molecule has 3 rings (SSSR count). The average molecular weight is 291 g/mol. The van der Waals surface area contributed by atoms with Crippen LogP contribution in [-0.4, -0.2) is 25.1 Å². The van der Waals surface area contributed by atoms with E-state index in [0.717, 1.165) is 0 Å². The third-order valence-corrected chi connectivity index (χ3v) is 3.00. The molecule has 0 bridgehead atoms. The predicted molar refractivity (Wildman–Crippen MR) is 71.8 cm³/mol. The molecule has 2 heterocycles. The van der Waals surface area contributed by atoms with Gasteiger partial charge in [0.15, 0.2) is 5.82 Å². The van der Waals surface area contributed by atoms with Crippen LogP contribution < -0.4 is 5.73 Å². The molecule has 0 saturated carbocycles. The maximum absolute atomic E-state index is 6.08. The third kappa shape index (κ3) is 2.54. The Labute approximate surface area is 119 Å². The molecule has 2 N–H and O–H groups in total. The van der Waals surface area contributed by atoms with Crippen molar-refractivity contribution in [2.45, 2.75) is 13.1 Å². The molecule has 0 spiro atoms. The van der Waals surface area contributed by atoms with Crippen molar-refractivity contribution in [2.24, 2.45) is 5.73 Å². The second kappa shape index (κ2) is 5.40. The third-order valence-electron chi connectivity index (χ3n) is 2.67. The molecule has 3 aromatic rings. The minimum absolute atomic E-state index is 0.344. The molecule has 0 saturated heterocycles. The van der Waals surface area contributed by atoms with Gasteiger partial charge < -0.3 is 10.3 Å². The SMILES string of the molecule is NCc1cn(Cc2noc(-c3ccccc3Cl)n2)nn1. The van der Waals surface area contributed by atoms with Gasteiger partial charge in [-0.3, -0.25) is 0 Å². The van der Waals surface area contributed by atoms with Crippen LogP contribution in [0.2, 0.25) is 5.02 Å². The summed E-state index contributed by atoms with van der Waals surface area (Å²) in [5.74, 6) is 0.873. The van der Waals surface area contributed by atoms with Crippen LogP contribution in [0.4, 0.5) is 0 Å². The number of rotatable bonds is 4. The van der Waals surface area contributed by atoms with E-state index in [4.69, 9.17) is 21.9 Å². The molecule has 0 aliphatic carbocycles. The highest BCUT2D eigenvalue weighted by molar-refractivity contribution is 6.33. The van der Waals surface area contributed by atoms with Crippen molar-refractivity contribution in [3.63, 3.8) is 0 Å². The van der Waals surface area contributed by atoms with Crippen molar-refractivity contribution < 1.29 is 4.52 Å². The van der Waals surface area contributed by atoms with Crippen LogP contribution in [0.25, 0.3) is 11.5 Å². The summed E-state index contributed by atoms with van der Waals surface area (Å²) in [5, 5.41) is 12.3. The van der Waals surface area contributed by atoms with Crippen molar-refractivity contribution >= 4 is 11.6 Å². The lowest BCUT2D eigenvalue weighted by atomic mass is 10.2. The lowest BCUT2D eigenvalue weighted by molar-refractivity contribution is 0.418. The monoisotopic (exact) mass is 290 g/mol. The van der Waals surface area contributed by atoms with Crippen molar-refractivity contribution in [3.05, 3.63) is 47.0 Å². The summed E-state index contributed by atoms with van der Waals surface area (Å²) in [7, 11) is 0. The maximum atomic E-state index is 6.08. The predicted octanol–water partition coefficient (Wildman–Crippen LogP) is 1.49. The highest BCUT2D eigenvalue weighted by Crippen LogP contribution is 2.25. The Morgan fingerprint density at radius 1 is 1.30 bits per heavy atom. The standard InChI is InChI=1S/C12H11ClN6O/c13-10-4-2-1-3-9(10)12-15-11(17-20-12)7-19-6-8(5-14)16-18-19/h1-4,6H,5,7,14H2. The average Bonchev–Trinajstić information content (AvgIpc) is 3.09. The molecule has 102 valence electrons. The van der Waals surface area contributed by atoms with Crippen molar-refractivity contribution in [1.82, 2.24) is 25.1 Å². The largest absolute Gasteiger partial charge is 0.334 e. The van der Waals surface area contributed by atoms with E-state index < -0.39 is 0 Å². The molecular weight excluding hydrogens is 280 g/mol. The number of hydrogen-bond acceptors (Lipinski definition) is 6. The molecule has 0 aliphatic heterocycles. The Balaban J connectivity index is 1.82. The summed E-state index contributed by atoms with van der Waals surface area (Å²) >= 11 is 6.08. The second-order valence-electron chi connectivity index (χ2n) is 4.11. The molecule has 1 aromatic carbocycles. The first-order valence-corrected chi connectivity index (χ1v) is 6.30. The van der Waals surface area contributed by atoms with Crippen LogP contribution in [0.3, 0.4) is 0 Å². The van der Waals surface area contributed by atoms with Crippen molar-refractivity contribution in [3.8, 4) is 11.5 Å². The fourth-order valence-electron chi connectivity index (χ4n) is 1.72. The number of benzene rings is 1. The van der Waals surface area contributed by atoms with Gasteiger partial charge in [0, 0.05) is 6.54 Å². The summed E-state index contributed by atoms with van der Waals surface area (Å²) in [6.07, 6.45) is 1.74. The smallest absolute Gasteiger partial charge is 0.259 e. The van der Waals surface area contributed by atoms with Gasteiger partial charge in [-0.2, -0.15) is 4.98 Å². The molecule has 0 unspecified atom stereocenters. The van der Waals surface area contributed by atoms with Crippen LogP contribution in [0.5, 0.6) is 0 Å². The van der Waals surface area contributed by atoms with E-state index >= 15 is 0 Å². The van der Waals surface area contributed by atoms with Crippen molar-refractivity contribution in [1.29, 1.82) is 0 Å². The Kier molecular flexibility index (Phi) is 3.44. The van der Waals surface area contributed by atoms with Gasteiger partial charge in [-0.25, -0.2) is 4.68 Å². The quantitative estimate of drug-likeness (QED) is 0.782.